The molecule has 1 saturated carbocycles. The molecule has 0 spiro atoms. The summed E-state index contributed by atoms with van der Waals surface area (Å²) in [5.74, 6) is -0.191. The third-order valence-corrected chi connectivity index (χ3v) is 5.32. The number of carbonyl (C=O) groups excluding carboxylic acids is 1. The van der Waals surface area contributed by atoms with E-state index in [0.717, 1.165) is 36.4 Å². The standard InChI is InChI=1S/C15H20F3N3O2/c1-20-10(7-11(19-20)15(16,17)18)8-13(23)21-6-5-14(9-22)4-2-3-12(14)21/h7,12,22H,2-6,8-9H2,1H3/t12-,14-/m1/s1. The van der Waals surface area contributed by atoms with E-state index in [0.29, 0.717) is 6.54 Å². The summed E-state index contributed by atoms with van der Waals surface area (Å²) in [6.07, 6.45) is -1.12. The Labute approximate surface area is 132 Å². The molecule has 1 aliphatic heterocycles. The molecule has 1 aromatic heterocycles. The summed E-state index contributed by atoms with van der Waals surface area (Å²) in [5.41, 5.74) is -0.934. The van der Waals surface area contributed by atoms with Gasteiger partial charge < -0.3 is 10.0 Å². The summed E-state index contributed by atoms with van der Waals surface area (Å²) in [6, 6.07) is 0.942. The SMILES string of the molecule is Cn1nc(C(F)(F)F)cc1CC(=O)N1CC[C@@]2(CO)CCC[C@@H]12. The minimum Gasteiger partial charge on any atom is -0.396 e. The van der Waals surface area contributed by atoms with E-state index >= 15 is 0 Å². The van der Waals surface area contributed by atoms with Crippen molar-refractivity contribution in [3.63, 3.8) is 0 Å². The van der Waals surface area contributed by atoms with Gasteiger partial charge >= 0.3 is 6.18 Å². The second-order valence-corrected chi connectivity index (χ2v) is 6.58. The number of aromatic nitrogens is 2. The third-order valence-electron chi connectivity index (χ3n) is 5.32. The number of hydrogen-bond donors (Lipinski definition) is 1. The summed E-state index contributed by atoms with van der Waals surface area (Å²) in [7, 11) is 1.41. The molecule has 3 rings (SSSR count). The van der Waals surface area contributed by atoms with Gasteiger partial charge in [-0.25, -0.2) is 0 Å². The van der Waals surface area contributed by atoms with E-state index in [-0.39, 0.29) is 36.1 Å². The van der Waals surface area contributed by atoms with E-state index in [1.807, 2.05) is 0 Å². The van der Waals surface area contributed by atoms with Crippen molar-refractivity contribution in [2.75, 3.05) is 13.2 Å². The van der Waals surface area contributed by atoms with E-state index in [1.165, 1.54) is 7.05 Å². The lowest BCUT2D eigenvalue weighted by Gasteiger charge is -2.30. The largest absolute Gasteiger partial charge is 0.435 e. The van der Waals surface area contributed by atoms with E-state index in [9.17, 15) is 23.1 Å². The molecule has 5 nitrogen and oxygen atoms in total. The van der Waals surface area contributed by atoms with Crippen LogP contribution in [0.4, 0.5) is 13.2 Å². The molecule has 8 heteroatoms. The van der Waals surface area contributed by atoms with E-state index in [2.05, 4.69) is 5.10 Å². The number of nitrogens with zero attached hydrogens (tertiary/aromatic N) is 3. The molecule has 0 bridgehead atoms. The van der Waals surface area contributed by atoms with Crippen molar-refractivity contribution in [1.29, 1.82) is 0 Å². The van der Waals surface area contributed by atoms with E-state index < -0.39 is 11.9 Å². The highest BCUT2D eigenvalue weighted by Gasteiger charge is 2.51. The molecule has 1 aromatic rings. The zero-order valence-corrected chi connectivity index (χ0v) is 12.9. The number of aliphatic hydroxyl groups excluding tert-OH is 1. The van der Waals surface area contributed by atoms with Crippen LogP contribution in [-0.4, -0.2) is 44.9 Å². The fourth-order valence-corrected chi connectivity index (χ4v) is 4.03. The van der Waals surface area contributed by atoms with Crippen LogP contribution >= 0.6 is 0 Å². The number of fused-ring (bicyclic) bond motifs is 1. The normalized spacial score (nSPS) is 27.5. The number of halogens is 3. The van der Waals surface area contributed by atoms with Crippen molar-refractivity contribution in [2.24, 2.45) is 12.5 Å². The molecule has 2 heterocycles. The topological polar surface area (TPSA) is 58.4 Å². The maximum atomic E-state index is 12.7. The minimum atomic E-state index is -4.51. The summed E-state index contributed by atoms with van der Waals surface area (Å²) in [5, 5.41) is 13.1. The van der Waals surface area contributed by atoms with Crippen LogP contribution < -0.4 is 0 Å². The lowest BCUT2D eigenvalue weighted by molar-refractivity contribution is -0.141. The minimum absolute atomic E-state index is 0.00955. The van der Waals surface area contributed by atoms with Crippen molar-refractivity contribution in [2.45, 2.75) is 44.3 Å². The Bertz CT molecular complexity index is 614. The van der Waals surface area contributed by atoms with Crippen LogP contribution in [0, 0.1) is 5.41 Å². The highest BCUT2D eigenvalue weighted by atomic mass is 19.4. The Morgan fingerprint density at radius 2 is 2.22 bits per heavy atom. The lowest BCUT2D eigenvalue weighted by Crippen LogP contribution is -2.41. The summed E-state index contributed by atoms with van der Waals surface area (Å²) < 4.78 is 39.2. The van der Waals surface area contributed by atoms with Gasteiger partial charge in [0, 0.05) is 30.7 Å². The molecule has 2 aliphatic rings. The molecule has 2 fully saturated rings. The fraction of sp³-hybridized carbons (Fsp3) is 0.733. The second-order valence-electron chi connectivity index (χ2n) is 6.58. The molecule has 1 aliphatic carbocycles. The molecule has 0 aromatic carbocycles. The van der Waals surface area contributed by atoms with Gasteiger partial charge in [-0.1, -0.05) is 6.42 Å². The predicted molar refractivity (Wildman–Crippen MR) is 75.4 cm³/mol. The molecule has 1 amide bonds. The van der Waals surface area contributed by atoms with Gasteiger partial charge in [0.05, 0.1) is 13.0 Å². The predicted octanol–water partition coefficient (Wildman–Crippen LogP) is 1.74. The van der Waals surface area contributed by atoms with Gasteiger partial charge in [-0.2, -0.15) is 18.3 Å². The number of rotatable bonds is 3. The van der Waals surface area contributed by atoms with E-state index in [1.54, 1.807) is 4.90 Å². The summed E-state index contributed by atoms with van der Waals surface area (Å²) in [4.78, 5) is 14.3. The average Bonchev–Trinajstić information content (AvgIpc) is 3.11. The first-order valence-corrected chi connectivity index (χ1v) is 7.77. The summed E-state index contributed by atoms with van der Waals surface area (Å²) in [6.45, 7) is 0.624. The zero-order chi connectivity index (χ0) is 16.8. The molecule has 23 heavy (non-hydrogen) atoms. The van der Waals surface area contributed by atoms with Crippen LogP contribution in [0.25, 0.3) is 0 Å². The Morgan fingerprint density at radius 3 is 2.83 bits per heavy atom. The molecular formula is C15H20F3N3O2. The number of likely N-dealkylation sites (tertiary alicyclic amines) is 1. The van der Waals surface area contributed by atoms with Crippen molar-refractivity contribution < 1.29 is 23.1 Å². The van der Waals surface area contributed by atoms with Gasteiger partial charge in [0.15, 0.2) is 5.69 Å². The highest BCUT2D eigenvalue weighted by molar-refractivity contribution is 5.79. The molecule has 128 valence electrons. The zero-order valence-electron chi connectivity index (χ0n) is 12.9. The van der Waals surface area contributed by atoms with Crippen LogP contribution in [0.1, 0.15) is 37.1 Å². The molecule has 1 N–H and O–H groups in total. The number of hydrogen-bond acceptors (Lipinski definition) is 3. The maximum Gasteiger partial charge on any atom is 0.435 e. The van der Waals surface area contributed by atoms with Gasteiger partial charge in [0.1, 0.15) is 0 Å². The highest BCUT2D eigenvalue weighted by Crippen LogP contribution is 2.48. The number of aliphatic hydroxyl groups is 1. The fourth-order valence-electron chi connectivity index (χ4n) is 4.03. The van der Waals surface area contributed by atoms with Crippen LogP contribution in [0.5, 0.6) is 0 Å². The van der Waals surface area contributed by atoms with Gasteiger partial charge in [-0.15, -0.1) is 0 Å². The number of aryl methyl sites for hydroxylation is 1. The monoisotopic (exact) mass is 331 g/mol. The first-order valence-electron chi connectivity index (χ1n) is 7.77. The average molecular weight is 331 g/mol. The van der Waals surface area contributed by atoms with Crippen LogP contribution in [0.3, 0.4) is 0 Å². The van der Waals surface area contributed by atoms with Crippen molar-refractivity contribution in [1.82, 2.24) is 14.7 Å². The molecular weight excluding hydrogens is 311 g/mol. The maximum absolute atomic E-state index is 12.7. The van der Waals surface area contributed by atoms with Crippen LogP contribution in [0.15, 0.2) is 6.07 Å². The Balaban J connectivity index is 1.74. The van der Waals surface area contributed by atoms with Gasteiger partial charge in [-0.05, 0) is 25.3 Å². The Kier molecular flexibility index (Phi) is 3.90. The second kappa shape index (κ2) is 5.51. The third kappa shape index (κ3) is 2.73. The molecule has 0 unspecified atom stereocenters. The molecule has 0 radical (unpaired) electrons. The van der Waals surface area contributed by atoms with E-state index in [4.69, 9.17) is 0 Å². The van der Waals surface area contributed by atoms with Crippen LogP contribution in [0.2, 0.25) is 0 Å². The van der Waals surface area contributed by atoms with Crippen molar-refractivity contribution in [3.8, 4) is 0 Å². The molecule has 2 atom stereocenters. The number of amides is 1. The first kappa shape index (κ1) is 16.3. The van der Waals surface area contributed by atoms with Gasteiger partial charge in [-0.3, -0.25) is 9.48 Å². The Hall–Kier alpha value is -1.57. The van der Waals surface area contributed by atoms with Crippen molar-refractivity contribution >= 4 is 5.91 Å². The van der Waals surface area contributed by atoms with Gasteiger partial charge in [0.2, 0.25) is 5.91 Å². The quantitative estimate of drug-likeness (QED) is 0.918. The number of alkyl halides is 3. The van der Waals surface area contributed by atoms with Crippen molar-refractivity contribution in [3.05, 3.63) is 17.5 Å². The lowest BCUT2D eigenvalue weighted by atomic mass is 9.83. The first-order chi connectivity index (χ1) is 10.8. The smallest absolute Gasteiger partial charge is 0.396 e. The molecule has 1 saturated heterocycles. The van der Waals surface area contributed by atoms with Gasteiger partial charge in [0.25, 0.3) is 0 Å². The Morgan fingerprint density at radius 1 is 1.48 bits per heavy atom. The number of carbonyl (C=O) groups is 1. The summed E-state index contributed by atoms with van der Waals surface area (Å²) >= 11 is 0. The van der Waals surface area contributed by atoms with Crippen LogP contribution in [-0.2, 0) is 24.4 Å².